The van der Waals surface area contributed by atoms with Crippen LogP contribution in [-0.2, 0) is 20.4 Å². The number of nitrogens with one attached hydrogen (secondary N) is 1. The molecule has 1 heterocycles. The number of aromatic nitrogens is 2. The molecular weight excluding hydrogens is 293 g/mol. The number of rotatable bonds is 5. The van der Waals surface area contributed by atoms with Crippen molar-refractivity contribution in [3.8, 4) is 0 Å². The number of hydrogen-bond donors (Lipinski definition) is 1. The van der Waals surface area contributed by atoms with Gasteiger partial charge in [0.1, 0.15) is 5.56 Å². The first-order chi connectivity index (χ1) is 9.68. The van der Waals surface area contributed by atoms with E-state index >= 15 is 0 Å². The first-order valence-corrected chi connectivity index (χ1v) is 6.03. The molecule has 0 aliphatic heterocycles. The number of esters is 1. The van der Waals surface area contributed by atoms with Gasteiger partial charge in [-0.25, -0.2) is 5.10 Å². The molecule has 0 bridgehead atoms. The fourth-order valence-corrected chi connectivity index (χ4v) is 1.79. The predicted molar refractivity (Wildman–Crippen MR) is 65.6 cm³/mol. The number of H-pyrrole nitrogens is 1. The van der Waals surface area contributed by atoms with Gasteiger partial charge in [0.25, 0.3) is 5.56 Å². The van der Waals surface area contributed by atoms with Gasteiger partial charge >= 0.3 is 12.1 Å². The number of nitrogens with zero attached hydrogens (tertiary/aromatic N) is 1. The largest absolute Gasteiger partial charge is 0.469 e. The molecule has 0 aliphatic carbocycles. The van der Waals surface area contributed by atoms with Crippen LogP contribution in [-0.4, -0.2) is 29.9 Å². The molecule has 0 saturated heterocycles. The summed E-state index contributed by atoms with van der Waals surface area (Å²) in [5.41, 5.74) is -2.93. The number of aromatic amines is 1. The van der Waals surface area contributed by atoms with Crippen LogP contribution in [0.5, 0.6) is 0 Å². The van der Waals surface area contributed by atoms with Gasteiger partial charge < -0.3 is 9.47 Å². The van der Waals surface area contributed by atoms with E-state index in [0.717, 1.165) is 6.92 Å². The van der Waals surface area contributed by atoms with Gasteiger partial charge in [0, 0.05) is 0 Å². The molecule has 1 N–H and O–H groups in total. The molecule has 9 heteroatoms. The third-order valence-electron chi connectivity index (χ3n) is 2.83. The van der Waals surface area contributed by atoms with Crippen molar-refractivity contribution in [3.05, 3.63) is 27.2 Å². The molecule has 1 unspecified atom stereocenters. The zero-order valence-corrected chi connectivity index (χ0v) is 11.7. The average molecular weight is 308 g/mol. The maximum Gasteiger partial charge on any atom is 0.422 e. The third-order valence-corrected chi connectivity index (χ3v) is 2.83. The molecule has 0 radical (unpaired) electrons. The second-order valence-electron chi connectivity index (χ2n) is 4.27. The molecule has 0 fully saturated rings. The summed E-state index contributed by atoms with van der Waals surface area (Å²) in [5.74, 6) is -0.496. The number of ether oxygens (including phenoxy) is 2. The quantitative estimate of drug-likeness (QED) is 0.838. The van der Waals surface area contributed by atoms with Crippen molar-refractivity contribution in [1.29, 1.82) is 0 Å². The molecular formula is C12H15F3N2O4. The lowest BCUT2D eigenvalue weighted by atomic mass is 10.1. The SMILES string of the molecule is COC(=O)CCOC(C)c1n[nH]c(=O)c(C(F)(F)F)c1C. The second kappa shape index (κ2) is 6.70. The topological polar surface area (TPSA) is 81.3 Å². The zero-order chi connectivity index (χ0) is 16.2. The number of carbonyl (C=O) groups excluding carboxylic acids is 1. The van der Waals surface area contributed by atoms with Crippen molar-refractivity contribution in [2.75, 3.05) is 13.7 Å². The molecule has 1 aromatic heterocycles. The molecule has 0 aliphatic rings. The fraction of sp³-hybridized carbons (Fsp3) is 0.583. The summed E-state index contributed by atoms with van der Waals surface area (Å²) in [5, 5.41) is 5.40. The third kappa shape index (κ3) is 4.28. The molecule has 6 nitrogen and oxygen atoms in total. The summed E-state index contributed by atoms with van der Waals surface area (Å²) in [6.07, 6.45) is -5.62. The van der Waals surface area contributed by atoms with Crippen molar-refractivity contribution in [3.63, 3.8) is 0 Å². The Labute approximate surface area is 118 Å². The predicted octanol–water partition coefficient (Wildman–Crippen LogP) is 1.74. The van der Waals surface area contributed by atoms with Crippen LogP contribution in [0.15, 0.2) is 4.79 Å². The molecule has 0 amide bonds. The highest BCUT2D eigenvalue weighted by Crippen LogP contribution is 2.31. The average Bonchev–Trinajstić information content (AvgIpc) is 2.36. The highest BCUT2D eigenvalue weighted by Gasteiger charge is 2.37. The summed E-state index contributed by atoms with van der Waals surface area (Å²) in [6.45, 7) is 2.60. The second-order valence-corrected chi connectivity index (χ2v) is 4.27. The maximum absolute atomic E-state index is 12.8. The minimum absolute atomic E-state index is 0.0323. The van der Waals surface area contributed by atoms with E-state index in [-0.39, 0.29) is 24.3 Å². The summed E-state index contributed by atoms with van der Waals surface area (Å²) in [4.78, 5) is 22.2. The lowest BCUT2D eigenvalue weighted by Gasteiger charge is -2.17. The Morgan fingerprint density at radius 3 is 2.57 bits per heavy atom. The number of methoxy groups -OCH3 is 1. The first-order valence-electron chi connectivity index (χ1n) is 6.03. The molecule has 1 aromatic rings. The Hall–Kier alpha value is -1.90. The number of halogens is 3. The summed E-state index contributed by atoms with van der Waals surface area (Å²) < 4.78 is 48.1. The van der Waals surface area contributed by atoms with Crippen molar-refractivity contribution in [2.45, 2.75) is 32.5 Å². The van der Waals surface area contributed by atoms with Crippen LogP contribution < -0.4 is 5.56 Å². The van der Waals surface area contributed by atoms with Gasteiger partial charge in [-0.1, -0.05) is 0 Å². The van der Waals surface area contributed by atoms with Crippen molar-refractivity contribution < 1.29 is 27.4 Å². The number of hydrogen-bond acceptors (Lipinski definition) is 5. The van der Waals surface area contributed by atoms with Crippen molar-refractivity contribution >= 4 is 5.97 Å². The van der Waals surface area contributed by atoms with E-state index in [1.54, 1.807) is 0 Å². The molecule has 1 rings (SSSR count). The molecule has 0 saturated carbocycles. The summed E-state index contributed by atoms with van der Waals surface area (Å²) >= 11 is 0. The smallest absolute Gasteiger partial charge is 0.422 e. The molecule has 1 atom stereocenters. The van der Waals surface area contributed by atoms with Crippen molar-refractivity contribution in [2.24, 2.45) is 0 Å². The highest BCUT2D eigenvalue weighted by molar-refractivity contribution is 5.69. The van der Waals surface area contributed by atoms with E-state index in [1.165, 1.54) is 14.0 Å². The van der Waals surface area contributed by atoms with Gasteiger partial charge in [0.15, 0.2) is 0 Å². The van der Waals surface area contributed by atoms with E-state index in [1.807, 2.05) is 5.10 Å². The van der Waals surface area contributed by atoms with Crippen LogP contribution in [0.3, 0.4) is 0 Å². The summed E-state index contributed by atoms with van der Waals surface area (Å²) in [7, 11) is 1.22. The monoisotopic (exact) mass is 308 g/mol. The first kappa shape index (κ1) is 17.2. The van der Waals surface area contributed by atoms with Gasteiger partial charge in [-0.3, -0.25) is 9.59 Å². The van der Waals surface area contributed by atoms with E-state index in [4.69, 9.17) is 4.74 Å². The molecule has 0 aromatic carbocycles. The lowest BCUT2D eigenvalue weighted by Crippen LogP contribution is -2.26. The Bertz CT molecular complexity index is 569. The Morgan fingerprint density at radius 1 is 1.43 bits per heavy atom. The van der Waals surface area contributed by atoms with E-state index in [9.17, 15) is 22.8 Å². The Balaban J connectivity index is 2.94. The van der Waals surface area contributed by atoms with E-state index < -0.39 is 29.4 Å². The molecule has 118 valence electrons. The van der Waals surface area contributed by atoms with Crippen LogP contribution in [0.25, 0.3) is 0 Å². The van der Waals surface area contributed by atoms with Gasteiger partial charge in [-0.15, -0.1) is 0 Å². The standard InChI is InChI=1S/C12H15F3N2O4/c1-6-9(12(13,14)15)11(19)17-16-10(6)7(2)21-5-4-8(18)20-3/h7H,4-5H2,1-3H3,(H,17,19). The Kier molecular flexibility index (Phi) is 5.47. The number of alkyl halides is 3. The molecule has 0 spiro atoms. The molecule has 21 heavy (non-hydrogen) atoms. The van der Waals surface area contributed by atoms with E-state index in [2.05, 4.69) is 9.84 Å². The Morgan fingerprint density at radius 2 is 2.05 bits per heavy atom. The van der Waals surface area contributed by atoms with Gasteiger partial charge in [0.2, 0.25) is 0 Å². The van der Waals surface area contributed by atoms with Gasteiger partial charge in [0.05, 0.1) is 31.9 Å². The van der Waals surface area contributed by atoms with Gasteiger partial charge in [-0.2, -0.15) is 18.3 Å². The number of carbonyl (C=O) groups is 1. The zero-order valence-electron chi connectivity index (χ0n) is 11.7. The maximum atomic E-state index is 12.8. The van der Waals surface area contributed by atoms with Crippen LogP contribution in [0.1, 0.15) is 36.3 Å². The minimum Gasteiger partial charge on any atom is -0.469 e. The van der Waals surface area contributed by atoms with Crippen LogP contribution >= 0.6 is 0 Å². The summed E-state index contributed by atoms with van der Waals surface area (Å²) in [6, 6.07) is 0. The van der Waals surface area contributed by atoms with Gasteiger partial charge in [-0.05, 0) is 19.4 Å². The van der Waals surface area contributed by atoms with Crippen molar-refractivity contribution in [1.82, 2.24) is 10.2 Å². The normalized spacial score (nSPS) is 13.0. The fourth-order valence-electron chi connectivity index (χ4n) is 1.79. The van der Waals surface area contributed by atoms with Crippen LogP contribution in [0, 0.1) is 6.92 Å². The lowest BCUT2D eigenvalue weighted by molar-refractivity contribution is -0.142. The minimum atomic E-state index is -4.78. The van der Waals surface area contributed by atoms with E-state index in [0.29, 0.717) is 0 Å². The van der Waals surface area contributed by atoms with Crippen LogP contribution in [0.2, 0.25) is 0 Å². The highest BCUT2D eigenvalue weighted by atomic mass is 19.4. The van der Waals surface area contributed by atoms with Crippen LogP contribution in [0.4, 0.5) is 13.2 Å².